The van der Waals surface area contributed by atoms with Gasteiger partial charge in [-0.25, -0.2) is 0 Å². The van der Waals surface area contributed by atoms with Crippen LogP contribution in [0.2, 0.25) is 0 Å². The number of likely N-dealkylation sites (tertiary alicyclic amines) is 1. The van der Waals surface area contributed by atoms with E-state index in [2.05, 4.69) is 99.9 Å². The topological polar surface area (TPSA) is 12.5 Å². The first-order valence-corrected chi connectivity index (χ1v) is 12.6. The van der Waals surface area contributed by atoms with Gasteiger partial charge in [-0.05, 0) is 85.1 Å². The van der Waals surface area contributed by atoms with E-state index in [1.807, 2.05) is 0 Å². The van der Waals surface area contributed by atoms with Gasteiger partial charge in [-0.1, -0.05) is 58.4 Å². The highest BCUT2D eigenvalue weighted by atomic mass is 79.9. The molecule has 0 saturated carbocycles. The summed E-state index contributed by atoms with van der Waals surface area (Å²) in [7, 11) is 0. The number of halogens is 1. The molecule has 0 atom stereocenters. The van der Waals surface area contributed by atoms with Crippen molar-refractivity contribution in [2.24, 2.45) is 5.92 Å². The Morgan fingerprint density at radius 2 is 1.53 bits per heavy atom. The second-order valence-corrected chi connectivity index (χ2v) is 9.61. The molecule has 0 spiro atoms. The van der Waals surface area contributed by atoms with Crippen LogP contribution in [0.5, 0.6) is 5.75 Å². The second-order valence-electron chi connectivity index (χ2n) is 7.87. The van der Waals surface area contributed by atoms with E-state index in [0.29, 0.717) is 5.92 Å². The molecule has 4 heteroatoms. The maximum absolute atomic E-state index is 6.12. The molecular weight excluding hydrogens is 454 g/mol. The Morgan fingerprint density at radius 1 is 0.900 bits per heavy atom. The van der Waals surface area contributed by atoms with Crippen molar-refractivity contribution in [2.45, 2.75) is 24.3 Å². The third-order valence-electron chi connectivity index (χ3n) is 5.82. The van der Waals surface area contributed by atoms with Crippen molar-refractivity contribution in [3.63, 3.8) is 0 Å². The zero-order valence-corrected chi connectivity index (χ0v) is 19.8. The van der Waals surface area contributed by atoms with Gasteiger partial charge in [0, 0.05) is 15.9 Å². The number of hydrogen-bond donors (Lipinski definition) is 0. The first kappa shape index (κ1) is 21.5. The molecule has 1 fully saturated rings. The Bertz CT molecular complexity index is 934. The van der Waals surface area contributed by atoms with Crippen LogP contribution in [0, 0.1) is 5.92 Å². The van der Waals surface area contributed by atoms with Gasteiger partial charge in [-0.3, -0.25) is 4.90 Å². The lowest BCUT2D eigenvalue weighted by Gasteiger charge is -2.32. The van der Waals surface area contributed by atoms with Gasteiger partial charge >= 0.3 is 0 Å². The normalized spacial score (nSPS) is 15.3. The van der Waals surface area contributed by atoms with Crippen LogP contribution in [0.1, 0.15) is 18.4 Å². The fraction of sp³-hybridized carbons (Fsp3) is 0.308. The minimum atomic E-state index is 0.638. The molecule has 0 aliphatic carbocycles. The molecule has 0 unspecified atom stereocenters. The number of benzene rings is 3. The Kier molecular flexibility index (Phi) is 7.53. The molecular formula is C26H28BrNOS. The highest BCUT2D eigenvalue weighted by molar-refractivity contribution is 9.10. The van der Waals surface area contributed by atoms with Crippen molar-refractivity contribution < 1.29 is 4.74 Å². The number of piperidine rings is 1. The minimum absolute atomic E-state index is 0.638. The predicted molar refractivity (Wildman–Crippen MR) is 131 cm³/mol. The molecule has 1 aliphatic rings. The lowest BCUT2D eigenvalue weighted by molar-refractivity contribution is 0.136. The van der Waals surface area contributed by atoms with Crippen LogP contribution < -0.4 is 4.74 Å². The monoisotopic (exact) mass is 481 g/mol. The summed E-state index contributed by atoms with van der Waals surface area (Å²) in [5, 5.41) is 0. The van der Waals surface area contributed by atoms with Crippen molar-refractivity contribution in [1.29, 1.82) is 0 Å². The van der Waals surface area contributed by atoms with Gasteiger partial charge in [0.2, 0.25) is 0 Å². The van der Waals surface area contributed by atoms with Crippen molar-refractivity contribution >= 4 is 27.7 Å². The summed E-state index contributed by atoms with van der Waals surface area (Å²) in [5.74, 6) is 1.61. The van der Waals surface area contributed by atoms with E-state index in [4.69, 9.17) is 4.74 Å². The van der Waals surface area contributed by atoms with Crippen molar-refractivity contribution in [1.82, 2.24) is 4.90 Å². The van der Waals surface area contributed by atoms with Crippen molar-refractivity contribution in [3.8, 4) is 16.9 Å². The molecule has 2 nitrogen and oxygen atoms in total. The van der Waals surface area contributed by atoms with Gasteiger partial charge in [0.05, 0.1) is 6.61 Å². The first-order valence-electron chi connectivity index (χ1n) is 10.5. The fourth-order valence-corrected chi connectivity index (χ4v) is 4.74. The molecule has 0 amide bonds. The lowest BCUT2D eigenvalue weighted by atomic mass is 9.97. The maximum Gasteiger partial charge on any atom is 0.119 e. The van der Waals surface area contributed by atoms with Gasteiger partial charge in [-0.2, -0.15) is 0 Å². The summed E-state index contributed by atoms with van der Waals surface area (Å²) < 4.78 is 7.32. The standard InChI is InChI=1S/C26H28BrNOS/c1-30-25-12-8-22(9-13-25)21-6-10-24(11-7-21)29-19-20-14-16-28(17-15-20)18-23-4-2-3-5-26(23)27/h2-13,20H,14-19H2,1H3. The second kappa shape index (κ2) is 10.5. The number of thioether (sulfide) groups is 1. The summed E-state index contributed by atoms with van der Waals surface area (Å²) in [6, 6.07) is 25.7. The van der Waals surface area contributed by atoms with E-state index in [-0.39, 0.29) is 0 Å². The Balaban J connectivity index is 1.24. The molecule has 0 bridgehead atoms. The zero-order chi connectivity index (χ0) is 20.8. The third-order valence-corrected chi connectivity index (χ3v) is 7.34. The lowest BCUT2D eigenvalue weighted by Crippen LogP contribution is -2.35. The Labute approximate surface area is 192 Å². The van der Waals surface area contributed by atoms with E-state index in [9.17, 15) is 0 Å². The molecule has 0 N–H and O–H groups in total. The molecule has 156 valence electrons. The average molecular weight is 482 g/mol. The zero-order valence-electron chi connectivity index (χ0n) is 17.4. The van der Waals surface area contributed by atoms with E-state index in [1.165, 1.54) is 38.9 Å². The number of rotatable bonds is 7. The number of ether oxygens (including phenoxy) is 1. The molecule has 3 aromatic carbocycles. The van der Waals surface area contributed by atoms with Gasteiger partial charge in [-0.15, -0.1) is 11.8 Å². The van der Waals surface area contributed by atoms with Crippen molar-refractivity contribution in [2.75, 3.05) is 26.0 Å². The van der Waals surface area contributed by atoms with E-state index in [1.54, 1.807) is 11.8 Å². The van der Waals surface area contributed by atoms with Gasteiger partial charge < -0.3 is 4.74 Å². The van der Waals surface area contributed by atoms with E-state index in [0.717, 1.165) is 32.0 Å². The molecule has 1 aliphatic heterocycles. The van der Waals surface area contributed by atoms with Crippen LogP contribution in [0.25, 0.3) is 11.1 Å². The predicted octanol–water partition coefficient (Wildman–Crippen LogP) is 7.13. The summed E-state index contributed by atoms with van der Waals surface area (Å²) in [4.78, 5) is 3.84. The molecule has 30 heavy (non-hydrogen) atoms. The van der Waals surface area contributed by atoms with E-state index < -0.39 is 0 Å². The highest BCUT2D eigenvalue weighted by Gasteiger charge is 2.20. The van der Waals surface area contributed by atoms with Crippen LogP contribution in [0.3, 0.4) is 0 Å². The van der Waals surface area contributed by atoms with Crippen molar-refractivity contribution in [3.05, 3.63) is 82.8 Å². The Morgan fingerprint density at radius 3 is 2.17 bits per heavy atom. The largest absolute Gasteiger partial charge is 0.493 e. The molecule has 3 aromatic rings. The van der Waals surface area contributed by atoms with E-state index >= 15 is 0 Å². The summed E-state index contributed by atoms with van der Waals surface area (Å²) in [5.41, 5.74) is 3.85. The quantitative estimate of drug-likeness (QED) is 0.333. The van der Waals surface area contributed by atoms with Crippen LogP contribution in [0.4, 0.5) is 0 Å². The third kappa shape index (κ3) is 5.69. The van der Waals surface area contributed by atoms with Crippen LogP contribution in [-0.2, 0) is 6.54 Å². The maximum atomic E-state index is 6.12. The smallest absolute Gasteiger partial charge is 0.119 e. The summed E-state index contributed by atoms with van der Waals surface area (Å²) in [6.07, 6.45) is 4.50. The molecule has 0 radical (unpaired) electrons. The molecule has 4 rings (SSSR count). The first-order chi connectivity index (χ1) is 14.7. The Hall–Kier alpha value is -1.75. The average Bonchev–Trinajstić information content (AvgIpc) is 2.80. The number of hydrogen-bond acceptors (Lipinski definition) is 3. The van der Waals surface area contributed by atoms with Gasteiger partial charge in [0.25, 0.3) is 0 Å². The summed E-state index contributed by atoms with van der Waals surface area (Å²) >= 11 is 5.44. The highest BCUT2D eigenvalue weighted by Crippen LogP contribution is 2.26. The molecule has 1 saturated heterocycles. The molecule has 0 aromatic heterocycles. The number of nitrogens with zero attached hydrogens (tertiary/aromatic N) is 1. The fourth-order valence-electron chi connectivity index (χ4n) is 3.92. The van der Waals surface area contributed by atoms with Crippen LogP contribution in [0.15, 0.2) is 82.2 Å². The minimum Gasteiger partial charge on any atom is -0.493 e. The van der Waals surface area contributed by atoms with Crippen LogP contribution >= 0.6 is 27.7 Å². The van der Waals surface area contributed by atoms with Crippen LogP contribution in [-0.4, -0.2) is 30.9 Å². The SMILES string of the molecule is CSc1ccc(-c2ccc(OCC3CCN(Cc4ccccc4Br)CC3)cc2)cc1. The molecule has 1 heterocycles. The van der Waals surface area contributed by atoms with Gasteiger partial charge in [0.15, 0.2) is 0 Å². The summed E-state index contributed by atoms with van der Waals surface area (Å²) in [6.45, 7) is 4.11. The van der Waals surface area contributed by atoms with Gasteiger partial charge in [0.1, 0.15) is 5.75 Å².